The molecule has 3 heterocycles. The van der Waals surface area contributed by atoms with Crippen molar-refractivity contribution in [2.75, 3.05) is 59.8 Å². The second-order valence-electron chi connectivity index (χ2n) is 14.1. The fraction of sp³-hybridized carbons (Fsp3) is 0.763. The van der Waals surface area contributed by atoms with E-state index in [0.29, 0.717) is 50.7 Å². The molecular weight excluding hydrogens is 750 g/mol. The van der Waals surface area contributed by atoms with Crippen molar-refractivity contribution in [1.82, 2.24) is 15.6 Å². The first kappa shape index (κ1) is 51.6. The van der Waals surface area contributed by atoms with Crippen molar-refractivity contribution in [3.63, 3.8) is 0 Å². The number of methoxy groups -OCH3 is 1. The number of hydrogen-bond acceptors (Lipinski definition) is 17. The third kappa shape index (κ3) is 18.4. The van der Waals surface area contributed by atoms with Crippen molar-refractivity contribution < 1.29 is 68.0 Å². The van der Waals surface area contributed by atoms with Crippen molar-refractivity contribution in [3.05, 3.63) is 24.0 Å². The molecule has 3 aliphatic rings. The molecule has 0 radical (unpaired) electrons. The van der Waals surface area contributed by atoms with E-state index in [1.54, 1.807) is 27.0 Å². The minimum Gasteiger partial charge on any atom is -0.462 e. The third-order valence-corrected chi connectivity index (χ3v) is 8.81. The van der Waals surface area contributed by atoms with Crippen LogP contribution in [0.2, 0.25) is 0 Å². The first-order valence-electron chi connectivity index (χ1n) is 19.0. The van der Waals surface area contributed by atoms with Crippen molar-refractivity contribution >= 4 is 18.3 Å². The van der Waals surface area contributed by atoms with E-state index in [0.717, 1.165) is 19.6 Å². The van der Waals surface area contributed by atoms with Crippen LogP contribution in [0.3, 0.4) is 0 Å². The van der Waals surface area contributed by atoms with Crippen LogP contribution in [0.25, 0.3) is 0 Å². The number of ether oxygens (including phenoxy) is 7. The van der Waals surface area contributed by atoms with E-state index in [2.05, 4.69) is 29.1 Å². The predicted molar refractivity (Wildman–Crippen MR) is 207 cm³/mol. The van der Waals surface area contributed by atoms with Crippen molar-refractivity contribution in [1.29, 1.82) is 0 Å². The molecular formula is C38H67N5O14. The smallest absolute Gasteiger partial charge is 0.333 e. The molecule has 0 aromatic heterocycles. The Morgan fingerprint density at radius 2 is 1.67 bits per heavy atom. The maximum Gasteiger partial charge on any atom is 0.333 e. The average molecular weight is 818 g/mol. The molecule has 0 aliphatic carbocycles. The van der Waals surface area contributed by atoms with Crippen LogP contribution in [0.4, 0.5) is 0 Å². The zero-order valence-electron chi connectivity index (χ0n) is 34.3. The van der Waals surface area contributed by atoms with Crippen LogP contribution in [-0.2, 0) is 47.5 Å². The average Bonchev–Trinajstić information content (AvgIpc) is 3.15. The van der Waals surface area contributed by atoms with Crippen molar-refractivity contribution in [3.8, 4) is 11.8 Å². The Morgan fingerprint density at radius 1 is 1.02 bits per heavy atom. The van der Waals surface area contributed by atoms with E-state index in [4.69, 9.17) is 44.7 Å². The highest BCUT2D eigenvalue weighted by atomic mass is 16.7. The molecule has 3 aliphatic heterocycles. The summed E-state index contributed by atoms with van der Waals surface area (Å²) in [6, 6.07) is 0. The molecule has 0 bridgehead atoms. The molecule has 0 spiro atoms. The summed E-state index contributed by atoms with van der Waals surface area (Å²) >= 11 is 0. The fourth-order valence-corrected chi connectivity index (χ4v) is 5.54. The van der Waals surface area contributed by atoms with Gasteiger partial charge in [0.2, 0.25) is 6.41 Å². The number of nitrogens with two attached hydrogens (primary N) is 2. The molecule has 328 valence electrons. The second kappa shape index (κ2) is 28.1. The second-order valence-corrected chi connectivity index (χ2v) is 14.1. The Labute approximate surface area is 336 Å². The van der Waals surface area contributed by atoms with Crippen LogP contribution in [0.5, 0.6) is 0 Å². The number of esters is 1. The summed E-state index contributed by atoms with van der Waals surface area (Å²) in [6.45, 7) is 17.8. The molecule has 10 atom stereocenters. The number of nitrogens with one attached hydrogen (secondary N) is 2. The Balaban J connectivity index is 0.000000614. The number of rotatable bonds is 20. The van der Waals surface area contributed by atoms with E-state index >= 15 is 0 Å². The molecule has 10 unspecified atom stereocenters. The molecule has 3 rings (SSSR count). The lowest BCUT2D eigenvalue weighted by Crippen LogP contribution is -2.66. The van der Waals surface area contributed by atoms with Crippen molar-refractivity contribution in [2.45, 2.75) is 116 Å². The molecule has 19 nitrogen and oxygen atoms in total. The van der Waals surface area contributed by atoms with Gasteiger partial charge in [0.1, 0.15) is 36.6 Å². The summed E-state index contributed by atoms with van der Waals surface area (Å²) in [6.07, 6.45) is -8.97. The highest BCUT2D eigenvalue weighted by molar-refractivity contribution is 5.86. The van der Waals surface area contributed by atoms with Gasteiger partial charge in [-0.3, -0.25) is 9.59 Å². The van der Waals surface area contributed by atoms with Gasteiger partial charge >= 0.3 is 5.97 Å². The summed E-state index contributed by atoms with van der Waals surface area (Å²) in [5.41, 5.74) is 6.61. The molecule has 0 aromatic carbocycles. The highest BCUT2D eigenvalue weighted by Gasteiger charge is 2.52. The molecule has 10 N–H and O–H groups in total. The highest BCUT2D eigenvalue weighted by Crippen LogP contribution is 2.32. The minimum atomic E-state index is -1.55. The zero-order valence-corrected chi connectivity index (χ0v) is 34.3. The number of nitrogens with zero attached hydrogens (tertiary/aromatic N) is 1. The normalized spacial score (nSPS) is 28.5. The van der Waals surface area contributed by atoms with Crippen LogP contribution in [0, 0.1) is 23.7 Å². The van der Waals surface area contributed by atoms with E-state index in [-0.39, 0.29) is 24.6 Å². The largest absolute Gasteiger partial charge is 0.462 e. The molecule has 0 saturated carbocycles. The van der Waals surface area contributed by atoms with Gasteiger partial charge in [0.05, 0.1) is 50.9 Å². The van der Waals surface area contributed by atoms with Gasteiger partial charge in [-0.05, 0) is 46.5 Å². The monoisotopic (exact) mass is 817 g/mol. The van der Waals surface area contributed by atoms with Gasteiger partial charge in [-0.25, -0.2) is 10.6 Å². The van der Waals surface area contributed by atoms with Gasteiger partial charge < -0.3 is 75.0 Å². The molecule has 3 saturated heterocycles. The number of hydrogen-bond donors (Lipinski definition) is 8. The summed E-state index contributed by atoms with van der Waals surface area (Å²) in [7, 11) is 1.36. The van der Waals surface area contributed by atoms with Crippen LogP contribution in [0.1, 0.15) is 54.4 Å². The lowest BCUT2D eigenvalue weighted by molar-refractivity contribution is -0.336. The SMILES string of the molecule is C=C(C)C(=O)OCCCNC(=O)C1OC(C(C)C)C(O)C(O)C1OC1OC(C)C(OC)C(O)C1O.CC#CC.N/C(=C\N(N)CCCNC=O)COCC1COC1. The van der Waals surface area contributed by atoms with Crippen molar-refractivity contribution in [2.24, 2.45) is 23.4 Å². The van der Waals surface area contributed by atoms with Gasteiger partial charge in [-0.1, -0.05) is 20.4 Å². The van der Waals surface area contributed by atoms with E-state index in [9.17, 15) is 34.8 Å². The Hall–Kier alpha value is -3.39. The minimum absolute atomic E-state index is 0.0614. The maximum absolute atomic E-state index is 13.0. The zero-order chi connectivity index (χ0) is 43.1. The number of aliphatic hydroxyl groups is 4. The van der Waals surface area contributed by atoms with Gasteiger partial charge in [-0.15, -0.1) is 11.8 Å². The van der Waals surface area contributed by atoms with Crippen LogP contribution in [0.15, 0.2) is 24.0 Å². The summed E-state index contributed by atoms with van der Waals surface area (Å²) in [4.78, 5) is 34.4. The Bertz CT molecular complexity index is 1290. The summed E-state index contributed by atoms with van der Waals surface area (Å²) < 4.78 is 37.8. The molecule has 3 fully saturated rings. The Morgan fingerprint density at radius 3 is 2.21 bits per heavy atom. The first-order valence-corrected chi connectivity index (χ1v) is 19.0. The molecule has 0 aromatic rings. The Kier molecular flexibility index (Phi) is 25.5. The number of amides is 2. The van der Waals surface area contributed by atoms with Gasteiger partial charge in [0, 0.05) is 44.4 Å². The standard InChI is InChI=1S/C23H39NO11.C11H22N4O3.C4H6/c1-10(2)17-13(25)14(26)19(35-23-16(28)15(27)18(31-6)12(5)33-23)20(34-17)21(29)24-8-7-9-32-22(30)11(3)4;12-11(8-18-7-10-5-17-6-10)4-15(13)3-1-2-14-9-16;1-3-4-2/h10,12-20,23,25-28H,3,7-9H2,1-2,4-6H3,(H,24,29);4,9-10H,1-3,5-8,12-13H2,(H,14,16);1-2H3/b;11-4-;. The summed E-state index contributed by atoms with van der Waals surface area (Å²) in [5, 5.41) is 48.9. The first-order chi connectivity index (χ1) is 27.0. The summed E-state index contributed by atoms with van der Waals surface area (Å²) in [5.74, 6) is 10.2. The fourth-order valence-electron chi connectivity index (χ4n) is 5.54. The van der Waals surface area contributed by atoms with Crippen LogP contribution in [-0.4, -0.2) is 165 Å². The topological polar surface area (TPSA) is 276 Å². The number of carbonyl (C=O) groups is 3. The van der Waals surface area contributed by atoms with Gasteiger partial charge in [-0.2, -0.15) is 0 Å². The predicted octanol–water partition coefficient (Wildman–Crippen LogP) is -1.59. The van der Waals surface area contributed by atoms with Crippen LogP contribution >= 0.6 is 0 Å². The molecule has 19 heteroatoms. The molecule has 2 amide bonds. The third-order valence-electron chi connectivity index (χ3n) is 8.81. The quantitative estimate of drug-likeness (QED) is 0.0131. The van der Waals surface area contributed by atoms with E-state index < -0.39 is 73.1 Å². The van der Waals surface area contributed by atoms with Gasteiger partial charge in [0.25, 0.3) is 5.91 Å². The lowest BCUT2D eigenvalue weighted by atomic mass is 9.88. The number of carbonyl (C=O) groups excluding carboxylic acids is 3. The van der Waals surface area contributed by atoms with E-state index in [1.165, 1.54) is 19.0 Å². The van der Waals surface area contributed by atoms with Gasteiger partial charge in [0.15, 0.2) is 12.4 Å². The number of hydrazine groups is 1. The lowest BCUT2D eigenvalue weighted by Gasteiger charge is -2.47. The van der Waals surface area contributed by atoms with Crippen LogP contribution < -0.4 is 22.2 Å². The number of aliphatic hydroxyl groups excluding tert-OH is 4. The van der Waals surface area contributed by atoms with E-state index in [1.807, 2.05) is 13.8 Å². The molecule has 57 heavy (non-hydrogen) atoms. The maximum atomic E-state index is 13.0.